The minimum absolute atomic E-state index is 0.00805. The lowest BCUT2D eigenvalue weighted by molar-refractivity contribution is -0.138. The zero-order chi connectivity index (χ0) is 31.5. The minimum Gasteiger partial charge on any atom is -0.382 e. The zero-order valence-electron chi connectivity index (χ0n) is 24.5. The van der Waals surface area contributed by atoms with Gasteiger partial charge >= 0.3 is 6.18 Å². The smallest absolute Gasteiger partial charge is 0.382 e. The maximum Gasteiger partial charge on any atom is 0.416 e. The first kappa shape index (κ1) is 29.1. The van der Waals surface area contributed by atoms with Crippen molar-refractivity contribution in [1.29, 1.82) is 0 Å². The van der Waals surface area contributed by atoms with Crippen LogP contribution in [0.5, 0.6) is 0 Å². The third kappa shape index (κ3) is 5.14. The normalized spacial score (nSPS) is 18.4. The summed E-state index contributed by atoms with van der Waals surface area (Å²) in [5.74, 6) is -2.07. The molecule has 2 N–H and O–H groups in total. The standard InChI is InChI=1S/C36H31F4N3O2/c1-20-12-15-25(19-29(20)36(38,39)40)42-34(44)28-18-22-6-4-10-27-26-9-5-11-30(37)31(26)35(45)43(33(22)27)32(28)21-13-16-24(17-14-21)41-23-7-2-3-8-23/h4-6,9-17,19,23,28,32,41H,2-3,7-8,18H2,1H3,(H,42,44)/t28-,32-/m0/s1. The van der Waals surface area contributed by atoms with E-state index in [0.29, 0.717) is 27.9 Å². The van der Waals surface area contributed by atoms with Crippen molar-refractivity contribution in [2.75, 3.05) is 10.6 Å². The molecular weight excluding hydrogens is 582 g/mol. The summed E-state index contributed by atoms with van der Waals surface area (Å²) in [7, 11) is 0. The Morgan fingerprint density at radius 2 is 1.58 bits per heavy atom. The number of hydrogen-bond acceptors (Lipinski definition) is 3. The second kappa shape index (κ2) is 11.1. The van der Waals surface area contributed by atoms with Crippen molar-refractivity contribution in [1.82, 2.24) is 4.57 Å². The Hall–Kier alpha value is -4.66. The molecule has 5 nitrogen and oxygen atoms in total. The van der Waals surface area contributed by atoms with Crippen LogP contribution in [-0.4, -0.2) is 16.5 Å². The largest absolute Gasteiger partial charge is 0.416 e. The molecule has 9 heteroatoms. The lowest BCUT2D eigenvalue weighted by Gasteiger charge is -2.35. The number of nitrogens with one attached hydrogen (secondary N) is 2. The van der Waals surface area contributed by atoms with E-state index in [2.05, 4.69) is 10.6 Å². The number of carbonyl (C=O) groups is 1. The van der Waals surface area contributed by atoms with Gasteiger partial charge in [-0.3, -0.25) is 14.2 Å². The first-order valence-corrected chi connectivity index (χ1v) is 15.2. The number of aromatic nitrogens is 1. The molecule has 1 fully saturated rings. The number of fused-ring (bicyclic) bond motifs is 2. The third-order valence-corrected chi connectivity index (χ3v) is 9.32. The highest BCUT2D eigenvalue weighted by Gasteiger charge is 2.39. The Labute approximate surface area is 256 Å². The van der Waals surface area contributed by atoms with E-state index in [1.165, 1.54) is 42.5 Å². The highest BCUT2D eigenvalue weighted by molar-refractivity contribution is 6.07. The van der Waals surface area contributed by atoms with Gasteiger partial charge in [0.1, 0.15) is 5.82 Å². The van der Waals surface area contributed by atoms with Crippen molar-refractivity contribution in [2.45, 2.75) is 57.3 Å². The van der Waals surface area contributed by atoms with E-state index in [0.717, 1.165) is 30.2 Å². The number of nitrogens with zero attached hydrogens (tertiary/aromatic N) is 1. The molecule has 1 aromatic heterocycles. The van der Waals surface area contributed by atoms with Crippen LogP contribution >= 0.6 is 0 Å². The van der Waals surface area contributed by atoms with Gasteiger partial charge in [-0.1, -0.05) is 61.4 Å². The zero-order valence-corrected chi connectivity index (χ0v) is 24.5. The first-order valence-electron chi connectivity index (χ1n) is 15.2. The van der Waals surface area contributed by atoms with Gasteiger partial charge in [-0.25, -0.2) is 4.39 Å². The average Bonchev–Trinajstić information content (AvgIpc) is 3.53. The van der Waals surface area contributed by atoms with E-state index < -0.39 is 41.0 Å². The highest BCUT2D eigenvalue weighted by atomic mass is 19.4. The lowest BCUT2D eigenvalue weighted by atomic mass is 9.81. The van der Waals surface area contributed by atoms with Gasteiger partial charge in [0.25, 0.3) is 5.56 Å². The molecule has 1 aliphatic carbocycles. The molecule has 1 aliphatic heterocycles. The molecule has 2 atom stereocenters. The summed E-state index contributed by atoms with van der Waals surface area (Å²) in [5.41, 5.74) is 1.60. The van der Waals surface area contributed by atoms with Crippen molar-refractivity contribution >= 4 is 39.0 Å². The summed E-state index contributed by atoms with van der Waals surface area (Å²) in [6, 6.07) is 20.8. The summed E-state index contributed by atoms with van der Waals surface area (Å²) in [5, 5.41) is 7.36. The van der Waals surface area contributed by atoms with Crippen LogP contribution in [-0.2, 0) is 17.4 Å². The van der Waals surface area contributed by atoms with Gasteiger partial charge in [0.15, 0.2) is 0 Å². The monoisotopic (exact) mass is 613 g/mol. The number of amides is 1. The Kier molecular flexibility index (Phi) is 7.14. The van der Waals surface area contributed by atoms with E-state index in [1.807, 2.05) is 42.5 Å². The number of benzene rings is 4. The SMILES string of the molecule is Cc1ccc(NC(=O)[C@H]2Cc3cccc4c5cccc(F)c5c(=O)n(c34)[C@H]2c2ccc(NC3CCCC3)cc2)cc1C(F)(F)F. The summed E-state index contributed by atoms with van der Waals surface area (Å²) in [6.45, 7) is 1.37. The number of carbonyl (C=O) groups excluding carboxylic acids is 1. The van der Waals surface area contributed by atoms with E-state index in [4.69, 9.17) is 0 Å². The highest BCUT2D eigenvalue weighted by Crippen LogP contribution is 2.41. The molecule has 0 radical (unpaired) electrons. The van der Waals surface area contributed by atoms with Gasteiger partial charge in [0.05, 0.1) is 28.4 Å². The van der Waals surface area contributed by atoms with Crippen LogP contribution < -0.4 is 16.2 Å². The molecule has 1 saturated carbocycles. The molecule has 0 bridgehead atoms. The fourth-order valence-electron chi connectivity index (χ4n) is 7.18. The van der Waals surface area contributed by atoms with Crippen LogP contribution in [0.1, 0.15) is 54.0 Å². The predicted molar refractivity (Wildman–Crippen MR) is 168 cm³/mol. The molecule has 7 rings (SSSR count). The van der Waals surface area contributed by atoms with E-state index in [9.17, 15) is 22.8 Å². The van der Waals surface area contributed by atoms with Gasteiger partial charge in [0.2, 0.25) is 5.91 Å². The van der Waals surface area contributed by atoms with Crippen molar-refractivity contribution in [3.05, 3.63) is 117 Å². The quantitative estimate of drug-likeness (QED) is 0.155. The molecule has 0 unspecified atom stereocenters. The molecule has 45 heavy (non-hydrogen) atoms. The van der Waals surface area contributed by atoms with Crippen LogP contribution in [0.15, 0.2) is 83.7 Å². The summed E-state index contributed by atoms with van der Waals surface area (Å²) in [4.78, 5) is 28.3. The lowest BCUT2D eigenvalue weighted by Crippen LogP contribution is -2.41. The Morgan fingerprint density at radius 1 is 0.889 bits per heavy atom. The number of para-hydroxylation sites is 1. The Morgan fingerprint density at radius 3 is 2.31 bits per heavy atom. The number of pyridine rings is 1. The first-order chi connectivity index (χ1) is 21.6. The molecule has 4 aromatic carbocycles. The van der Waals surface area contributed by atoms with Crippen LogP contribution in [0.4, 0.5) is 28.9 Å². The van der Waals surface area contributed by atoms with Crippen LogP contribution in [0, 0.1) is 18.7 Å². The molecule has 1 amide bonds. The van der Waals surface area contributed by atoms with E-state index >= 15 is 4.39 Å². The van der Waals surface area contributed by atoms with Crippen molar-refractivity contribution < 1.29 is 22.4 Å². The van der Waals surface area contributed by atoms with E-state index in [-0.39, 0.29) is 23.1 Å². The van der Waals surface area contributed by atoms with Gasteiger partial charge in [0, 0.05) is 22.8 Å². The number of anilines is 2. The summed E-state index contributed by atoms with van der Waals surface area (Å²) < 4.78 is 57.8. The molecule has 0 spiro atoms. The fourth-order valence-corrected chi connectivity index (χ4v) is 7.18. The Bertz CT molecular complexity index is 2010. The van der Waals surface area contributed by atoms with Crippen LogP contribution in [0.2, 0.25) is 0 Å². The molecular formula is C36H31F4N3O2. The topological polar surface area (TPSA) is 63.1 Å². The Balaban J connectivity index is 1.37. The van der Waals surface area contributed by atoms with Gasteiger partial charge < -0.3 is 10.6 Å². The fraction of sp³-hybridized carbons (Fsp3) is 0.278. The van der Waals surface area contributed by atoms with Crippen molar-refractivity contribution in [3.63, 3.8) is 0 Å². The van der Waals surface area contributed by atoms with Crippen LogP contribution in [0.25, 0.3) is 21.7 Å². The van der Waals surface area contributed by atoms with Crippen molar-refractivity contribution in [2.24, 2.45) is 5.92 Å². The molecule has 230 valence electrons. The average molecular weight is 614 g/mol. The number of halogens is 4. The third-order valence-electron chi connectivity index (χ3n) is 9.32. The van der Waals surface area contributed by atoms with Gasteiger partial charge in [-0.15, -0.1) is 0 Å². The van der Waals surface area contributed by atoms with Crippen LogP contribution in [0.3, 0.4) is 0 Å². The molecule has 2 heterocycles. The summed E-state index contributed by atoms with van der Waals surface area (Å²) >= 11 is 0. The second-order valence-electron chi connectivity index (χ2n) is 12.2. The number of hydrogen-bond donors (Lipinski definition) is 2. The van der Waals surface area contributed by atoms with Gasteiger partial charge in [-0.05, 0) is 78.6 Å². The van der Waals surface area contributed by atoms with E-state index in [1.54, 1.807) is 12.1 Å². The maximum absolute atomic E-state index is 15.3. The molecule has 5 aromatic rings. The number of aryl methyl sites for hydroxylation is 1. The van der Waals surface area contributed by atoms with Crippen molar-refractivity contribution in [3.8, 4) is 0 Å². The maximum atomic E-state index is 15.3. The molecule has 0 saturated heterocycles. The predicted octanol–water partition coefficient (Wildman–Crippen LogP) is 8.38. The number of rotatable bonds is 5. The summed E-state index contributed by atoms with van der Waals surface area (Å²) in [6.07, 6.45) is 0.185. The minimum atomic E-state index is -4.58. The number of alkyl halides is 3. The second-order valence-corrected chi connectivity index (χ2v) is 12.2. The molecule has 2 aliphatic rings. The van der Waals surface area contributed by atoms with Gasteiger partial charge in [-0.2, -0.15) is 13.2 Å².